The highest BCUT2D eigenvalue weighted by Gasteiger charge is 2.31. The highest BCUT2D eigenvalue weighted by Crippen LogP contribution is 2.41. The number of ether oxygens (including phenoxy) is 1. The maximum absolute atomic E-state index is 14.8. The summed E-state index contributed by atoms with van der Waals surface area (Å²) in [4.78, 5) is 11.1. The summed E-state index contributed by atoms with van der Waals surface area (Å²) < 4.78 is 19.7. The molecule has 1 saturated carbocycles. The lowest BCUT2D eigenvalue weighted by Gasteiger charge is -2.34. The van der Waals surface area contributed by atoms with Gasteiger partial charge in [-0.05, 0) is 97.9 Å². The number of carbonyl (C=O) groups excluding carboxylic acids is 1. The highest BCUT2D eigenvalue weighted by atomic mass is 19.1. The smallest absolute Gasteiger partial charge is 0.302 e. The molecule has 0 radical (unpaired) electrons. The standard InChI is InChI=1S/C36H41FO3/c1-6-36(7-2,31-14-13-28(25(3)21-31)17-20-35(39)18-9-8-10-19-35)32-15-16-33(26(4)22-32)29-11-12-30(34(37)23-29)24-40-27(5)38/h11-16,21-23,39H,6-10,18-19,24H2,1-5H3. The van der Waals surface area contributed by atoms with Gasteiger partial charge in [-0.2, -0.15) is 0 Å². The van der Waals surface area contributed by atoms with Gasteiger partial charge in [0, 0.05) is 23.5 Å². The first-order valence-corrected chi connectivity index (χ1v) is 14.5. The summed E-state index contributed by atoms with van der Waals surface area (Å²) in [7, 11) is 0. The summed E-state index contributed by atoms with van der Waals surface area (Å²) >= 11 is 0. The van der Waals surface area contributed by atoms with Gasteiger partial charge in [-0.1, -0.05) is 74.6 Å². The molecule has 4 rings (SSSR count). The fraction of sp³-hybridized carbons (Fsp3) is 0.417. The van der Waals surface area contributed by atoms with E-state index in [-0.39, 0.29) is 17.8 Å². The number of halogens is 1. The SMILES string of the molecule is CCC(CC)(c1ccc(C#CC2(O)CCCCC2)c(C)c1)c1ccc(-c2ccc(COC(C)=O)c(F)c2)c(C)c1. The molecular formula is C36H41FO3. The molecule has 0 bridgehead atoms. The van der Waals surface area contributed by atoms with Crippen molar-refractivity contribution in [2.45, 2.75) is 97.2 Å². The van der Waals surface area contributed by atoms with E-state index in [2.05, 4.69) is 75.9 Å². The Balaban J connectivity index is 1.64. The minimum absolute atomic E-state index is 0.0699. The van der Waals surface area contributed by atoms with Gasteiger partial charge in [0.1, 0.15) is 18.0 Å². The van der Waals surface area contributed by atoms with Crippen LogP contribution in [-0.2, 0) is 21.6 Å². The van der Waals surface area contributed by atoms with Crippen LogP contribution >= 0.6 is 0 Å². The third-order valence-electron chi connectivity index (χ3n) is 8.67. The van der Waals surface area contributed by atoms with Crippen LogP contribution in [0.4, 0.5) is 4.39 Å². The molecule has 0 aliphatic heterocycles. The number of aliphatic hydroxyl groups is 1. The van der Waals surface area contributed by atoms with Crippen molar-refractivity contribution in [1.82, 2.24) is 0 Å². The predicted molar refractivity (Wildman–Crippen MR) is 159 cm³/mol. The largest absolute Gasteiger partial charge is 0.461 e. The van der Waals surface area contributed by atoms with E-state index in [1.54, 1.807) is 6.07 Å². The number of benzene rings is 3. The topological polar surface area (TPSA) is 46.5 Å². The highest BCUT2D eigenvalue weighted by molar-refractivity contribution is 5.69. The molecule has 0 unspecified atom stereocenters. The quantitative estimate of drug-likeness (QED) is 0.242. The van der Waals surface area contributed by atoms with E-state index < -0.39 is 11.6 Å². The lowest BCUT2D eigenvalue weighted by Crippen LogP contribution is -2.29. The molecule has 0 aromatic heterocycles. The van der Waals surface area contributed by atoms with Crippen molar-refractivity contribution in [3.8, 4) is 23.0 Å². The van der Waals surface area contributed by atoms with E-state index in [0.717, 1.165) is 66.3 Å². The first-order chi connectivity index (χ1) is 19.1. The monoisotopic (exact) mass is 540 g/mol. The fourth-order valence-electron chi connectivity index (χ4n) is 6.08. The van der Waals surface area contributed by atoms with Gasteiger partial charge in [0.25, 0.3) is 0 Å². The number of aryl methyl sites for hydroxylation is 2. The van der Waals surface area contributed by atoms with Crippen LogP contribution in [0.5, 0.6) is 0 Å². The summed E-state index contributed by atoms with van der Waals surface area (Å²) in [5.74, 6) is 5.65. The normalized spacial score (nSPS) is 14.8. The van der Waals surface area contributed by atoms with E-state index in [0.29, 0.717) is 5.56 Å². The zero-order valence-electron chi connectivity index (χ0n) is 24.5. The van der Waals surface area contributed by atoms with Crippen LogP contribution in [0.25, 0.3) is 11.1 Å². The molecule has 1 fully saturated rings. The van der Waals surface area contributed by atoms with Crippen LogP contribution in [-0.4, -0.2) is 16.7 Å². The Labute approximate surface area is 238 Å². The Morgan fingerprint density at radius 1 is 0.950 bits per heavy atom. The summed E-state index contributed by atoms with van der Waals surface area (Å²) in [6, 6.07) is 18.1. The van der Waals surface area contributed by atoms with Crippen LogP contribution in [0.3, 0.4) is 0 Å². The van der Waals surface area contributed by atoms with Crippen LogP contribution in [0.2, 0.25) is 0 Å². The van der Waals surface area contributed by atoms with Crippen molar-refractivity contribution in [3.63, 3.8) is 0 Å². The first kappa shape index (κ1) is 29.6. The maximum Gasteiger partial charge on any atom is 0.302 e. The van der Waals surface area contributed by atoms with Crippen molar-refractivity contribution >= 4 is 5.97 Å². The zero-order chi connectivity index (χ0) is 28.9. The van der Waals surface area contributed by atoms with E-state index in [4.69, 9.17) is 4.74 Å². The lowest BCUT2D eigenvalue weighted by molar-refractivity contribution is -0.142. The average molecular weight is 541 g/mol. The van der Waals surface area contributed by atoms with Crippen molar-refractivity contribution < 1.29 is 19.0 Å². The molecule has 1 N–H and O–H groups in total. The number of hydrogen-bond acceptors (Lipinski definition) is 3. The van der Waals surface area contributed by atoms with Gasteiger partial charge in [0.15, 0.2) is 0 Å². The van der Waals surface area contributed by atoms with Crippen LogP contribution in [0.15, 0.2) is 54.6 Å². The van der Waals surface area contributed by atoms with Crippen molar-refractivity contribution in [1.29, 1.82) is 0 Å². The molecule has 4 heteroatoms. The Morgan fingerprint density at radius 2 is 1.60 bits per heavy atom. The number of hydrogen-bond donors (Lipinski definition) is 1. The predicted octanol–water partition coefficient (Wildman–Crippen LogP) is 8.33. The fourth-order valence-corrected chi connectivity index (χ4v) is 6.08. The second kappa shape index (κ2) is 12.4. The van der Waals surface area contributed by atoms with Gasteiger partial charge in [-0.15, -0.1) is 0 Å². The first-order valence-electron chi connectivity index (χ1n) is 14.5. The molecule has 3 nitrogen and oxygen atoms in total. The molecule has 1 aliphatic rings. The molecule has 40 heavy (non-hydrogen) atoms. The lowest BCUT2D eigenvalue weighted by atomic mass is 9.69. The van der Waals surface area contributed by atoms with Gasteiger partial charge in [0.2, 0.25) is 0 Å². The third-order valence-corrected chi connectivity index (χ3v) is 8.67. The Hall–Kier alpha value is -3.42. The second-order valence-electron chi connectivity index (χ2n) is 11.3. The molecule has 0 saturated heterocycles. The van der Waals surface area contributed by atoms with E-state index in [9.17, 15) is 14.3 Å². The van der Waals surface area contributed by atoms with Gasteiger partial charge in [0.05, 0.1) is 0 Å². The molecule has 210 valence electrons. The Morgan fingerprint density at radius 3 is 2.17 bits per heavy atom. The van der Waals surface area contributed by atoms with Gasteiger partial charge < -0.3 is 9.84 Å². The average Bonchev–Trinajstić information content (AvgIpc) is 2.93. The van der Waals surface area contributed by atoms with E-state index in [1.807, 2.05) is 6.07 Å². The molecule has 3 aromatic carbocycles. The van der Waals surface area contributed by atoms with E-state index >= 15 is 0 Å². The maximum atomic E-state index is 14.8. The molecule has 3 aromatic rings. The molecule has 0 heterocycles. The molecule has 0 amide bonds. The van der Waals surface area contributed by atoms with Crippen LogP contribution in [0.1, 0.15) is 99.1 Å². The van der Waals surface area contributed by atoms with Gasteiger partial charge >= 0.3 is 5.97 Å². The summed E-state index contributed by atoms with van der Waals surface area (Å²) in [5.41, 5.74) is 6.77. The third kappa shape index (κ3) is 6.31. The number of carbonyl (C=O) groups is 1. The minimum Gasteiger partial charge on any atom is -0.461 e. The van der Waals surface area contributed by atoms with Gasteiger partial charge in [-0.25, -0.2) is 4.39 Å². The van der Waals surface area contributed by atoms with Gasteiger partial charge in [-0.3, -0.25) is 4.79 Å². The Bertz CT molecular complexity index is 1430. The van der Waals surface area contributed by atoms with Crippen molar-refractivity contribution in [2.24, 2.45) is 0 Å². The summed E-state index contributed by atoms with van der Waals surface area (Å²) in [6.45, 7) is 9.87. The van der Waals surface area contributed by atoms with Crippen molar-refractivity contribution in [3.05, 3.63) is 93.8 Å². The second-order valence-corrected chi connectivity index (χ2v) is 11.3. The van der Waals surface area contributed by atoms with E-state index in [1.165, 1.54) is 30.5 Å². The van der Waals surface area contributed by atoms with Crippen LogP contribution in [0, 0.1) is 31.5 Å². The number of rotatable bonds is 7. The minimum atomic E-state index is -0.856. The van der Waals surface area contributed by atoms with Crippen LogP contribution < -0.4 is 0 Å². The molecule has 0 spiro atoms. The summed E-state index contributed by atoms with van der Waals surface area (Å²) in [6.07, 6.45) is 6.63. The molecular weight excluding hydrogens is 499 g/mol. The molecule has 0 atom stereocenters. The van der Waals surface area contributed by atoms with Crippen molar-refractivity contribution in [2.75, 3.05) is 0 Å². The zero-order valence-corrected chi connectivity index (χ0v) is 24.5. The molecule has 1 aliphatic carbocycles. The number of esters is 1. The summed E-state index contributed by atoms with van der Waals surface area (Å²) in [5, 5.41) is 10.8. The Kier molecular flexibility index (Phi) is 9.16.